The highest BCUT2D eigenvalue weighted by Crippen LogP contribution is 2.38. The second-order valence-corrected chi connectivity index (χ2v) is 6.95. The van der Waals surface area contributed by atoms with E-state index in [0.29, 0.717) is 24.7 Å². The van der Waals surface area contributed by atoms with Crippen LogP contribution >= 0.6 is 0 Å². The number of fused-ring (bicyclic) bond motifs is 1. The van der Waals surface area contributed by atoms with Crippen LogP contribution in [-0.2, 0) is 11.4 Å². The van der Waals surface area contributed by atoms with Gasteiger partial charge < -0.3 is 19.7 Å². The SMILES string of the molecule is C/C(O)=C\C=C(/C)c1cccc(COc2ccc3c(c2)OCC3CC(=O)O)c1. The lowest BCUT2D eigenvalue weighted by molar-refractivity contribution is -0.137. The molecule has 0 aliphatic carbocycles. The molecule has 0 bridgehead atoms. The maximum absolute atomic E-state index is 10.9. The number of aliphatic hydroxyl groups is 1. The third-order valence-electron chi connectivity index (χ3n) is 4.65. The third-order valence-corrected chi connectivity index (χ3v) is 4.65. The predicted molar refractivity (Wildman–Crippen MR) is 108 cm³/mol. The van der Waals surface area contributed by atoms with E-state index in [9.17, 15) is 9.90 Å². The van der Waals surface area contributed by atoms with Crippen molar-refractivity contribution < 1.29 is 24.5 Å². The van der Waals surface area contributed by atoms with E-state index < -0.39 is 5.97 Å². The number of hydrogen-bond donors (Lipinski definition) is 2. The predicted octanol–water partition coefficient (Wildman–Crippen LogP) is 5.08. The standard InChI is InChI=1S/C23H24O5/c1-15(6-7-16(2)24)18-5-3-4-17(10-18)13-27-20-8-9-21-19(11-23(25)26)14-28-22(21)12-20/h3-10,12,19,24H,11,13-14H2,1-2H3,(H,25,26)/b15-6+,16-7+. The van der Waals surface area contributed by atoms with Crippen LogP contribution < -0.4 is 9.47 Å². The highest BCUT2D eigenvalue weighted by molar-refractivity contribution is 5.69. The number of carbonyl (C=O) groups is 1. The summed E-state index contributed by atoms with van der Waals surface area (Å²) in [4.78, 5) is 10.9. The summed E-state index contributed by atoms with van der Waals surface area (Å²) in [6, 6.07) is 13.6. The molecule has 2 N–H and O–H groups in total. The Morgan fingerprint density at radius 2 is 2.00 bits per heavy atom. The number of aliphatic hydroxyl groups excluding tert-OH is 1. The van der Waals surface area contributed by atoms with Gasteiger partial charge in [-0.2, -0.15) is 0 Å². The van der Waals surface area contributed by atoms with E-state index in [4.69, 9.17) is 14.6 Å². The van der Waals surface area contributed by atoms with Crippen LogP contribution in [0.3, 0.4) is 0 Å². The molecular formula is C23H24O5. The average molecular weight is 380 g/mol. The molecule has 1 aliphatic rings. The fourth-order valence-corrected chi connectivity index (χ4v) is 3.14. The molecule has 28 heavy (non-hydrogen) atoms. The molecule has 0 aromatic heterocycles. The zero-order chi connectivity index (χ0) is 20.1. The first-order valence-corrected chi connectivity index (χ1v) is 9.17. The molecule has 0 saturated carbocycles. The first-order chi connectivity index (χ1) is 13.4. The molecule has 1 heterocycles. The van der Waals surface area contributed by atoms with Gasteiger partial charge >= 0.3 is 5.97 Å². The highest BCUT2D eigenvalue weighted by atomic mass is 16.5. The molecule has 1 unspecified atom stereocenters. The molecule has 2 aromatic rings. The number of ether oxygens (including phenoxy) is 2. The van der Waals surface area contributed by atoms with Gasteiger partial charge in [0, 0.05) is 17.5 Å². The Kier molecular flexibility index (Phi) is 6.04. The van der Waals surface area contributed by atoms with Crippen LogP contribution in [0.25, 0.3) is 5.57 Å². The lowest BCUT2D eigenvalue weighted by Crippen LogP contribution is -2.07. The monoisotopic (exact) mass is 380 g/mol. The number of carboxylic acid groups (broad SMARTS) is 1. The summed E-state index contributed by atoms with van der Waals surface area (Å²) in [6.07, 6.45) is 3.61. The van der Waals surface area contributed by atoms with Crippen LogP contribution in [0.4, 0.5) is 0 Å². The number of benzene rings is 2. The van der Waals surface area contributed by atoms with E-state index in [1.807, 2.05) is 49.4 Å². The van der Waals surface area contributed by atoms with E-state index >= 15 is 0 Å². The lowest BCUT2D eigenvalue weighted by atomic mass is 9.98. The molecule has 0 saturated heterocycles. The minimum atomic E-state index is -0.823. The Morgan fingerprint density at radius 1 is 1.18 bits per heavy atom. The van der Waals surface area contributed by atoms with Crippen molar-refractivity contribution in [3.05, 3.63) is 77.1 Å². The molecular weight excluding hydrogens is 356 g/mol. The highest BCUT2D eigenvalue weighted by Gasteiger charge is 2.26. The fourth-order valence-electron chi connectivity index (χ4n) is 3.14. The molecule has 0 amide bonds. The Morgan fingerprint density at radius 3 is 2.75 bits per heavy atom. The van der Waals surface area contributed by atoms with Crippen molar-refractivity contribution in [2.24, 2.45) is 0 Å². The van der Waals surface area contributed by atoms with Crippen LogP contribution in [-0.4, -0.2) is 22.8 Å². The molecule has 0 radical (unpaired) electrons. The summed E-state index contributed by atoms with van der Waals surface area (Å²) < 4.78 is 11.5. The van der Waals surface area contributed by atoms with Crippen molar-refractivity contribution in [1.29, 1.82) is 0 Å². The molecule has 5 heteroatoms. The van der Waals surface area contributed by atoms with E-state index in [1.165, 1.54) is 0 Å². The summed E-state index contributed by atoms with van der Waals surface area (Å²) in [5.41, 5.74) is 4.06. The number of hydrogen-bond acceptors (Lipinski definition) is 4. The van der Waals surface area contributed by atoms with Gasteiger partial charge in [0.15, 0.2) is 0 Å². The smallest absolute Gasteiger partial charge is 0.304 e. The molecule has 2 aromatic carbocycles. The van der Waals surface area contributed by atoms with Crippen molar-refractivity contribution >= 4 is 11.5 Å². The van der Waals surface area contributed by atoms with Crippen molar-refractivity contribution in [3.8, 4) is 11.5 Å². The van der Waals surface area contributed by atoms with Gasteiger partial charge in [0.05, 0.1) is 18.8 Å². The van der Waals surface area contributed by atoms with Crippen LogP contribution in [0.2, 0.25) is 0 Å². The normalized spacial score (nSPS) is 16.4. The zero-order valence-corrected chi connectivity index (χ0v) is 16.0. The van der Waals surface area contributed by atoms with Gasteiger partial charge in [0.1, 0.15) is 18.1 Å². The van der Waals surface area contributed by atoms with Gasteiger partial charge in [-0.15, -0.1) is 0 Å². The quantitative estimate of drug-likeness (QED) is 0.517. The Hall–Kier alpha value is -3.21. The van der Waals surface area contributed by atoms with Crippen LogP contribution in [0.15, 0.2) is 60.4 Å². The summed E-state index contributed by atoms with van der Waals surface area (Å²) in [6.45, 7) is 4.43. The van der Waals surface area contributed by atoms with E-state index in [0.717, 1.165) is 22.3 Å². The maximum Gasteiger partial charge on any atom is 0.304 e. The maximum atomic E-state index is 10.9. The van der Waals surface area contributed by atoms with E-state index in [2.05, 4.69) is 6.07 Å². The Bertz CT molecular complexity index is 922. The zero-order valence-electron chi connectivity index (χ0n) is 16.0. The van der Waals surface area contributed by atoms with Gasteiger partial charge in [-0.3, -0.25) is 4.79 Å². The fraction of sp³-hybridized carbons (Fsp3) is 0.261. The van der Waals surface area contributed by atoms with Crippen molar-refractivity contribution in [3.63, 3.8) is 0 Å². The summed E-state index contributed by atoms with van der Waals surface area (Å²) >= 11 is 0. The second-order valence-electron chi connectivity index (χ2n) is 6.95. The topological polar surface area (TPSA) is 76.0 Å². The molecule has 5 nitrogen and oxygen atoms in total. The summed E-state index contributed by atoms with van der Waals surface area (Å²) in [5, 5.41) is 18.3. The molecule has 0 spiro atoms. The molecule has 0 fully saturated rings. The third kappa shape index (κ3) is 4.94. The van der Waals surface area contributed by atoms with Crippen molar-refractivity contribution in [2.75, 3.05) is 6.61 Å². The largest absolute Gasteiger partial charge is 0.513 e. The molecule has 146 valence electrons. The summed E-state index contributed by atoms with van der Waals surface area (Å²) in [5.74, 6) is 0.720. The van der Waals surface area contributed by atoms with Crippen LogP contribution in [0.5, 0.6) is 11.5 Å². The minimum absolute atomic E-state index is 0.0673. The first kappa shape index (κ1) is 19.5. The lowest BCUT2D eigenvalue weighted by Gasteiger charge is -2.10. The molecule has 3 rings (SSSR count). The van der Waals surface area contributed by atoms with Gasteiger partial charge in [-0.05, 0) is 48.8 Å². The molecule has 1 atom stereocenters. The number of allylic oxidation sites excluding steroid dienone is 4. The second kappa shape index (κ2) is 8.65. The Balaban J connectivity index is 1.67. The van der Waals surface area contributed by atoms with Gasteiger partial charge in [-0.1, -0.05) is 30.3 Å². The average Bonchev–Trinajstić information content (AvgIpc) is 3.06. The number of aliphatic carboxylic acids is 1. The van der Waals surface area contributed by atoms with Gasteiger partial charge in [-0.25, -0.2) is 0 Å². The summed E-state index contributed by atoms with van der Waals surface area (Å²) in [7, 11) is 0. The van der Waals surface area contributed by atoms with E-state index in [-0.39, 0.29) is 18.1 Å². The van der Waals surface area contributed by atoms with Crippen molar-refractivity contribution in [1.82, 2.24) is 0 Å². The minimum Gasteiger partial charge on any atom is -0.513 e. The number of rotatable bonds is 7. The van der Waals surface area contributed by atoms with Gasteiger partial charge in [0.25, 0.3) is 0 Å². The number of carboxylic acids is 1. The van der Waals surface area contributed by atoms with Crippen LogP contribution in [0.1, 0.15) is 42.9 Å². The van der Waals surface area contributed by atoms with Crippen molar-refractivity contribution in [2.45, 2.75) is 32.8 Å². The van der Waals surface area contributed by atoms with E-state index in [1.54, 1.807) is 13.0 Å². The Labute approximate surface area is 164 Å². The molecule has 1 aliphatic heterocycles. The first-order valence-electron chi connectivity index (χ1n) is 9.17. The van der Waals surface area contributed by atoms with Crippen LogP contribution in [0, 0.1) is 0 Å². The van der Waals surface area contributed by atoms with Gasteiger partial charge in [0.2, 0.25) is 0 Å².